The van der Waals surface area contributed by atoms with Gasteiger partial charge < -0.3 is 5.32 Å². The molecule has 0 aliphatic heterocycles. The maximum Gasteiger partial charge on any atom is 0.391 e. The summed E-state index contributed by atoms with van der Waals surface area (Å²) in [6.45, 7) is 2.55. The van der Waals surface area contributed by atoms with E-state index in [9.17, 15) is 13.2 Å². The van der Waals surface area contributed by atoms with Crippen LogP contribution in [0.25, 0.3) is 0 Å². The molecule has 1 N–H and O–H groups in total. The third-order valence-corrected chi connectivity index (χ3v) is 4.47. The van der Waals surface area contributed by atoms with Gasteiger partial charge in [0.25, 0.3) is 0 Å². The Morgan fingerprint density at radius 1 is 1.44 bits per heavy atom. The third-order valence-electron chi connectivity index (χ3n) is 3.53. The number of nitrogens with one attached hydrogen (secondary N) is 1. The van der Waals surface area contributed by atoms with Crippen molar-refractivity contribution in [3.8, 4) is 0 Å². The molecule has 2 atom stereocenters. The van der Waals surface area contributed by atoms with Crippen LogP contribution in [0, 0.1) is 12.8 Å². The minimum atomic E-state index is -4.04. The standard InChI is InChI=1S/C12H17F3N2S/c1-8-11(18-7-17-8)6-16-10-4-2-3-9(5-10)12(13,14)15/h7,9-10,16H,2-6H2,1H3. The number of aromatic nitrogens is 1. The number of hydrogen-bond acceptors (Lipinski definition) is 3. The molecular weight excluding hydrogens is 261 g/mol. The Bertz CT molecular complexity index is 389. The summed E-state index contributed by atoms with van der Waals surface area (Å²) in [5, 5.41) is 3.24. The fourth-order valence-corrected chi connectivity index (χ4v) is 3.13. The zero-order valence-corrected chi connectivity index (χ0v) is 11.1. The molecule has 0 radical (unpaired) electrons. The number of aryl methyl sites for hydroxylation is 1. The molecule has 1 aliphatic carbocycles. The fourth-order valence-electron chi connectivity index (χ4n) is 2.41. The number of hydrogen-bond donors (Lipinski definition) is 1. The first-order chi connectivity index (χ1) is 8.47. The average Bonchev–Trinajstić information content (AvgIpc) is 2.72. The lowest BCUT2D eigenvalue weighted by Crippen LogP contribution is -2.38. The predicted molar refractivity (Wildman–Crippen MR) is 65.5 cm³/mol. The van der Waals surface area contributed by atoms with Crippen molar-refractivity contribution in [2.75, 3.05) is 0 Å². The van der Waals surface area contributed by atoms with Gasteiger partial charge in [0.15, 0.2) is 0 Å². The average molecular weight is 278 g/mol. The minimum absolute atomic E-state index is 0.0214. The van der Waals surface area contributed by atoms with Crippen LogP contribution in [0.4, 0.5) is 13.2 Å². The first kappa shape index (κ1) is 13.8. The summed E-state index contributed by atoms with van der Waals surface area (Å²) < 4.78 is 38.0. The zero-order chi connectivity index (χ0) is 13.2. The van der Waals surface area contributed by atoms with Gasteiger partial charge >= 0.3 is 6.18 Å². The minimum Gasteiger partial charge on any atom is -0.309 e. The van der Waals surface area contributed by atoms with E-state index in [1.807, 2.05) is 6.92 Å². The molecule has 2 rings (SSSR count). The van der Waals surface area contributed by atoms with Crippen molar-refractivity contribution in [1.29, 1.82) is 0 Å². The summed E-state index contributed by atoms with van der Waals surface area (Å²) in [7, 11) is 0. The van der Waals surface area contributed by atoms with E-state index in [0.29, 0.717) is 13.0 Å². The number of rotatable bonds is 3. The van der Waals surface area contributed by atoms with Gasteiger partial charge in [-0.05, 0) is 26.2 Å². The van der Waals surface area contributed by atoms with Crippen molar-refractivity contribution in [2.24, 2.45) is 5.92 Å². The smallest absolute Gasteiger partial charge is 0.309 e. The highest BCUT2D eigenvalue weighted by Gasteiger charge is 2.41. The lowest BCUT2D eigenvalue weighted by atomic mass is 9.85. The molecule has 1 saturated carbocycles. The number of alkyl halides is 3. The molecule has 1 aromatic rings. The van der Waals surface area contributed by atoms with Crippen molar-refractivity contribution in [3.63, 3.8) is 0 Å². The molecule has 0 amide bonds. The highest BCUT2D eigenvalue weighted by atomic mass is 32.1. The molecule has 0 bridgehead atoms. The Balaban J connectivity index is 1.85. The van der Waals surface area contributed by atoms with Crippen molar-refractivity contribution in [1.82, 2.24) is 10.3 Å². The van der Waals surface area contributed by atoms with Gasteiger partial charge in [-0.2, -0.15) is 13.2 Å². The third kappa shape index (κ3) is 3.45. The molecule has 1 aliphatic rings. The van der Waals surface area contributed by atoms with Crippen molar-refractivity contribution >= 4 is 11.3 Å². The first-order valence-corrected chi connectivity index (χ1v) is 7.04. The molecule has 0 aromatic carbocycles. The Hall–Kier alpha value is -0.620. The monoisotopic (exact) mass is 278 g/mol. The summed E-state index contributed by atoms with van der Waals surface area (Å²) >= 11 is 1.55. The van der Waals surface area contributed by atoms with Crippen LogP contribution in [-0.2, 0) is 6.54 Å². The van der Waals surface area contributed by atoms with Crippen LogP contribution < -0.4 is 5.32 Å². The van der Waals surface area contributed by atoms with Gasteiger partial charge in [-0.3, -0.25) is 0 Å². The van der Waals surface area contributed by atoms with E-state index in [1.165, 1.54) is 0 Å². The summed E-state index contributed by atoms with van der Waals surface area (Å²) in [4.78, 5) is 5.25. The molecule has 6 heteroatoms. The number of thiazole rings is 1. The zero-order valence-electron chi connectivity index (χ0n) is 10.3. The molecule has 102 valence electrons. The fraction of sp³-hybridized carbons (Fsp3) is 0.750. The Labute approximate surface area is 109 Å². The second-order valence-electron chi connectivity index (χ2n) is 4.84. The molecule has 0 spiro atoms. The van der Waals surface area contributed by atoms with Gasteiger partial charge in [0, 0.05) is 17.5 Å². The van der Waals surface area contributed by atoms with Gasteiger partial charge in [0.2, 0.25) is 0 Å². The predicted octanol–water partition coefficient (Wildman–Crippen LogP) is 3.66. The van der Waals surface area contributed by atoms with E-state index < -0.39 is 12.1 Å². The van der Waals surface area contributed by atoms with E-state index in [0.717, 1.165) is 17.0 Å². The van der Waals surface area contributed by atoms with E-state index in [4.69, 9.17) is 0 Å². The van der Waals surface area contributed by atoms with E-state index in [2.05, 4.69) is 10.3 Å². The van der Waals surface area contributed by atoms with Crippen LogP contribution in [0.1, 0.15) is 36.3 Å². The Morgan fingerprint density at radius 3 is 2.83 bits per heavy atom. The molecule has 1 fully saturated rings. The maximum atomic E-state index is 12.7. The largest absolute Gasteiger partial charge is 0.391 e. The topological polar surface area (TPSA) is 24.9 Å². The summed E-state index contributed by atoms with van der Waals surface area (Å²) in [6, 6.07) is -0.0214. The first-order valence-electron chi connectivity index (χ1n) is 6.16. The summed E-state index contributed by atoms with van der Waals surface area (Å²) in [6.07, 6.45) is -2.06. The normalized spacial score (nSPS) is 25.3. The molecule has 0 saturated heterocycles. The molecule has 2 nitrogen and oxygen atoms in total. The van der Waals surface area contributed by atoms with Crippen molar-refractivity contribution in [3.05, 3.63) is 16.1 Å². The van der Waals surface area contributed by atoms with Gasteiger partial charge in [-0.15, -0.1) is 11.3 Å². The second kappa shape index (κ2) is 5.57. The molecular formula is C12H17F3N2S. The van der Waals surface area contributed by atoms with Crippen LogP contribution in [-0.4, -0.2) is 17.2 Å². The highest BCUT2D eigenvalue weighted by molar-refractivity contribution is 7.09. The van der Waals surface area contributed by atoms with Gasteiger partial charge in [-0.25, -0.2) is 4.98 Å². The number of nitrogens with zero attached hydrogens (tertiary/aromatic N) is 1. The lowest BCUT2D eigenvalue weighted by Gasteiger charge is -2.31. The lowest BCUT2D eigenvalue weighted by molar-refractivity contribution is -0.183. The van der Waals surface area contributed by atoms with Gasteiger partial charge in [-0.1, -0.05) is 6.42 Å². The molecule has 2 unspecified atom stereocenters. The SMILES string of the molecule is Cc1ncsc1CNC1CCCC(C(F)(F)F)C1. The maximum absolute atomic E-state index is 12.7. The van der Waals surface area contributed by atoms with Crippen LogP contribution in [0.3, 0.4) is 0 Å². The van der Waals surface area contributed by atoms with E-state index in [-0.39, 0.29) is 18.9 Å². The van der Waals surface area contributed by atoms with Crippen LogP contribution in [0.5, 0.6) is 0 Å². The Morgan fingerprint density at radius 2 is 2.22 bits per heavy atom. The van der Waals surface area contributed by atoms with Gasteiger partial charge in [0.1, 0.15) is 0 Å². The Kier molecular flexibility index (Phi) is 4.27. The quantitative estimate of drug-likeness (QED) is 0.912. The summed E-state index contributed by atoms with van der Waals surface area (Å²) in [5.41, 5.74) is 2.74. The van der Waals surface area contributed by atoms with Crippen LogP contribution in [0.15, 0.2) is 5.51 Å². The van der Waals surface area contributed by atoms with Crippen molar-refractivity contribution in [2.45, 2.75) is 51.4 Å². The van der Waals surface area contributed by atoms with Crippen molar-refractivity contribution < 1.29 is 13.2 Å². The van der Waals surface area contributed by atoms with Crippen LogP contribution >= 0.6 is 11.3 Å². The number of halogens is 3. The second-order valence-corrected chi connectivity index (χ2v) is 5.78. The molecule has 1 aromatic heterocycles. The van der Waals surface area contributed by atoms with E-state index >= 15 is 0 Å². The highest BCUT2D eigenvalue weighted by Crippen LogP contribution is 2.37. The van der Waals surface area contributed by atoms with Crippen LogP contribution in [0.2, 0.25) is 0 Å². The van der Waals surface area contributed by atoms with Gasteiger partial charge in [0.05, 0.1) is 17.1 Å². The molecule has 18 heavy (non-hydrogen) atoms. The molecule has 1 heterocycles. The van der Waals surface area contributed by atoms with E-state index in [1.54, 1.807) is 16.8 Å². The summed E-state index contributed by atoms with van der Waals surface area (Å²) in [5.74, 6) is -1.13.